The van der Waals surface area contributed by atoms with Gasteiger partial charge in [0, 0.05) is 24.6 Å². The number of nitrogens with zero attached hydrogens (tertiary/aromatic N) is 2. The molecule has 1 aromatic rings. The summed E-state index contributed by atoms with van der Waals surface area (Å²) in [6.07, 6.45) is 0. The Balaban J connectivity index is 2.52. The fraction of sp³-hybridized carbons (Fsp3) is 0.467. The van der Waals surface area contributed by atoms with Crippen LogP contribution in [0, 0.1) is 5.82 Å². The summed E-state index contributed by atoms with van der Waals surface area (Å²) in [4.78, 5) is 26.8. The Morgan fingerprint density at radius 1 is 1.23 bits per heavy atom. The second-order valence-corrected chi connectivity index (χ2v) is 5.59. The lowest BCUT2D eigenvalue weighted by atomic mass is 10.3. The minimum Gasteiger partial charge on any atom is -0.481 e. The van der Waals surface area contributed by atoms with Gasteiger partial charge in [-0.2, -0.15) is 0 Å². The zero-order chi connectivity index (χ0) is 16.7. The van der Waals surface area contributed by atoms with Crippen LogP contribution in [-0.4, -0.2) is 54.9 Å². The van der Waals surface area contributed by atoms with E-state index in [0.717, 1.165) is 0 Å². The third-order valence-corrected chi connectivity index (χ3v) is 3.65. The largest absolute Gasteiger partial charge is 0.481 e. The van der Waals surface area contributed by atoms with Gasteiger partial charge in [-0.25, -0.2) is 4.39 Å². The van der Waals surface area contributed by atoms with Crippen molar-refractivity contribution in [2.24, 2.45) is 0 Å². The lowest BCUT2D eigenvalue weighted by Crippen LogP contribution is -2.42. The third-order valence-electron chi connectivity index (χ3n) is 3.16. The number of carbonyl (C=O) groups is 2. The molecular formula is C15H20BrFN2O3. The highest BCUT2D eigenvalue weighted by atomic mass is 79.9. The van der Waals surface area contributed by atoms with Crippen molar-refractivity contribution < 1.29 is 18.7 Å². The first-order chi connectivity index (χ1) is 10.4. The highest BCUT2D eigenvalue weighted by Crippen LogP contribution is 2.21. The van der Waals surface area contributed by atoms with Gasteiger partial charge in [-0.15, -0.1) is 0 Å². The van der Waals surface area contributed by atoms with Crippen LogP contribution >= 0.6 is 15.9 Å². The molecule has 0 aliphatic rings. The number of rotatable bonds is 7. The van der Waals surface area contributed by atoms with Crippen molar-refractivity contribution in [3.63, 3.8) is 0 Å². The number of likely N-dealkylation sites (N-methyl/N-ethyl adjacent to an activating group) is 2. The Labute approximate surface area is 138 Å². The molecule has 0 saturated carbocycles. The second kappa shape index (κ2) is 8.73. The van der Waals surface area contributed by atoms with Crippen molar-refractivity contribution in [1.29, 1.82) is 0 Å². The van der Waals surface area contributed by atoms with Crippen LogP contribution in [0.15, 0.2) is 22.7 Å². The number of carbonyl (C=O) groups excluding carboxylic acids is 2. The maximum Gasteiger partial charge on any atom is 0.260 e. The van der Waals surface area contributed by atoms with Gasteiger partial charge in [0.25, 0.3) is 5.91 Å². The molecule has 1 rings (SSSR count). The molecule has 0 radical (unpaired) electrons. The van der Waals surface area contributed by atoms with Crippen LogP contribution in [-0.2, 0) is 9.59 Å². The van der Waals surface area contributed by atoms with E-state index < -0.39 is 5.82 Å². The number of hydrogen-bond acceptors (Lipinski definition) is 3. The van der Waals surface area contributed by atoms with Crippen molar-refractivity contribution in [3.8, 4) is 5.75 Å². The van der Waals surface area contributed by atoms with E-state index in [-0.39, 0.29) is 30.7 Å². The van der Waals surface area contributed by atoms with Crippen LogP contribution in [0.1, 0.15) is 13.8 Å². The van der Waals surface area contributed by atoms with Crippen molar-refractivity contribution in [2.45, 2.75) is 13.8 Å². The summed E-state index contributed by atoms with van der Waals surface area (Å²) in [5.41, 5.74) is 0. The quantitative estimate of drug-likeness (QED) is 0.735. The highest BCUT2D eigenvalue weighted by molar-refractivity contribution is 9.10. The van der Waals surface area contributed by atoms with Crippen LogP contribution in [0.5, 0.6) is 5.75 Å². The molecule has 0 saturated heterocycles. The van der Waals surface area contributed by atoms with Gasteiger partial charge in [0.1, 0.15) is 0 Å². The first-order valence-corrected chi connectivity index (χ1v) is 7.77. The number of halogens is 2. The zero-order valence-corrected chi connectivity index (χ0v) is 14.5. The summed E-state index contributed by atoms with van der Waals surface area (Å²) in [5.74, 6) is -1.07. The van der Waals surface area contributed by atoms with E-state index in [0.29, 0.717) is 17.6 Å². The number of amides is 2. The van der Waals surface area contributed by atoms with Crippen molar-refractivity contribution in [2.75, 3.05) is 33.3 Å². The summed E-state index contributed by atoms with van der Waals surface area (Å²) in [5, 5.41) is 0. The Morgan fingerprint density at radius 2 is 1.86 bits per heavy atom. The second-order valence-electron chi connectivity index (χ2n) is 4.68. The van der Waals surface area contributed by atoms with E-state index in [1.807, 2.05) is 13.8 Å². The summed E-state index contributed by atoms with van der Waals surface area (Å²) in [7, 11) is 1.52. The topological polar surface area (TPSA) is 49.9 Å². The minimum atomic E-state index is -0.552. The molecule has 0 aromatic heterocycles. The van der Waals surface area contributed by atoms with Crippen LogP contribution in [0.3, 0.4) is 0 Å². The molecule has 7 heteroatoms. The molecule has 2 amide bonds. The van der Waals surface area contributed by atoms with Gasteiger partial charge >= 0.3 is 0 Å². The van der Waals surface area contributed by atoms with E-state index in [1.54, 1.807) is 11.0 Å². The lowest BCUT2D eigenvalue weighted by molar-refractivity contribution is -0.140. The lowest BCUT2D eigenvalue weighted by Gasteiger charge is -2.23. The third kappa shape index (κ3) is 5.29. The van der Waals surface area contributed by atoms with E-state index in [9.17, 15) is 14.0 Å². The molecule has 122 valence electrons. The molecule has 0 bridgehead atoms. The van der Waals surface area contributed by atoms with E-state index in [4.69, 9.17) is 4.74 Å². The Morgan fingerprint density at radius 3 is 2.41 bits per heavy atom. The standard InChI is InChI=1S/C15H20BrFN2O3/c1-4-19(5-2)14(20)9-18(3)15(21)10-22-13-7-6-11(16)8-12(13)17/h6-8H,4-5,9-10H2,1-3H3. The van der Waals surface area contributed by atoms with Gasteiger partial charge < -0.3 is 14.5 Å². The average molecular weight is 375 g/mol. The SMILES string of the molecule is CCN(CC)C(=O)CN(C)C(=O)COc1ccc(Br)cc1F. The predicted molar refractivity (Wildman–Crippen MR) is 85.2 cm³/mol. The molecule has 0 unspecified atom stereocenters. The van der Waals surface area contributed by atoms with Gasteiger partial charge in [0.05, 0.1) is 6.54 Å². The molecule has 0 spiro atoms. The first-order valence-electron chi connectivity index (χ1n) is 6.98. The van der Waals surface area contributed by atoms with Crippen LogP contribution in [0.4, 0.5) is 4.39 Å². The van der Waals surface area contributed by atoms with Crippen molar-refractivity contribution in [3.05, 3.63) is 28.5 Å². The van der Waals surface area contributed by atoms with Gasteiger partial charge in [0.15, 0.2) is 18.2 Å². The van der Waals surface area contributed by atoms with Crippen LogP contribution in [0.2, 0.25) is 0 Å². The normalized spacial score (nSPS) is 10.2. The minimum absolute atomic E-state index is 0.0000180. The molecule has 5 nitrogen and oxygen atoms in total. The molecule has 0 N–H and O–H groups in total. The molecule has 1 aromatic carbocycles. The Hall–Kier alpha value is -1.63. The van der Waals surface area contributed by atoms with Crippen molar-refractivity contribution in [1.82, 2.24) is 9.80 Å². The van der Waals surface area contributed by atoms with Gasteiger partial charge in [-0.3, -0.25) is 9.59 Å². The van der Waals surface area contributed by atoms with E-state index in [2.05, 4.69) is 15.9 Å². The smallest absolute Gasteiger partial charge is 0.260 e. The average Bonchev–Trinajstić information content (AvgIpc) is 2.47. The van der Waals surface area contributed by atoms with Gasteiger partial charge in [0.2, 0.25) is 5.91 Å². The monoisotopic (exact) mass is 374 g/mol. The predicted octanol–water partition coefficient (Wildman–Crippen LogP) is 2.29. The zero-order valence-electron chi connectivity index (χ0n) is 12.9. The first kappa shape index (κ1) is 18.4. The van der Waals surface area contributed by atoms with Crippen LogP contribution < -0.4 is 4.74 Å². The molecule has 0 heterocycles. The van der Waals surface area contributed by atoms with Gasteiger partial charge in [-0.1, -0.05) is 15.9 Å². The Kier molecular flexibility index (Phi) is 7.31. The van der Waals surface area contributed by atoms with Gasteiger partial charge in [-0.05, 0) is 32.0 Å². The highest BCUT2D eigenvalue weighted by Gasteiger charge is 2.17. The maximum atomic E-state index is 13.6. The number of ether oxygens (including phenoxy) is 1. The molecule has 0 aliphatic heterocycles. The molecule has 0 atom stereocenters. The molecular weight excluding hydrogens is 355 g/mol. The Bertz CT molecular complexity index is 536. The summed E-state index contributed by atoms with van der Waals surface area (Å²) >= 11 is 3.14. The fourth-order valence-corrected chi connectivity index (χ4v) is 2.14. The summed E-state index contributed by atoms with van der Waals surface area (Å²) in [6, 6.07) is 4.32. The molecule has 22 heavy (non-hydrogen) atoms. The molecule has 0 aliphatic carbocycles. The number of benzene rings is 1. The van der Waals surface area contributed by atoms with Crippen LogP contribution in [0.25, 0.3) is 0 Å². The maximum absolute atomic E-state index is 13.6. The molecule has 0 fully saturated rings. The number of hydrogen-bond donors (Lipinski definition) is 0. The van der Waals surface area contributed by atoms with Crippen molar-refractivity contribution >= 4 is 27.7 Å². The summed E-state index contributed by atoms with van der Waals surface area (Å²) < 4.78 is 19.3. The van der Waals surface area contributed by atoms with E-state index >= 15 is 0 Å². The fourth-order valence-electron chi connectivity index (χ4n) is 1.81. The van der Waals surface area contributed by atoms with E-state index in [1.165, 1.54) is 24.1 Å². The summed E-state index contributed by atoms with van der Waals surface area (Å²) in [6.45, 7) is 4.61.